The standard InChI is InChI=1S/C20H27NO3/c1-12-17(23-2)7-16(8-18(12)24-3)19(22)21-20-9-13-4-14(10-20)6-15(5-13)11-20/h7-8,13-15H,4-6,9-11H2,1-3H3,(H,21,22). The van der Waals surface area contributed by atoms with E-state index in [1.807, 2.05) is 19.1 Å². The molecule has 4 bridgehead atoms. The monoisotopic (exact) mass is 329 g/mol. The Bertz CT molecular complexity index is 607. The molecule has 4 aliphatic rings. The van der Waals surface area contributed by atoms with Gasteiger partial charge in [0.05, 0.1) is 14.2 Å². The average molecular weight is 329 g/mol. The van der Waals surface area contributed by atoms with E-state index in [1.54, 1.807) is 14.2 Å². The fourth-order valence-electron chi connectivity index (χ4n) is 5.79. The van der Waals surface area contributed by atoms with Gasteiger partial charge < -0.3 is 14.8 Å². The molecule has 0 unspecified atom stereocenters. The molecular weight excluding hydrogens is 302 g/mol. The van der Waals surface area contributed by atoms with Crippen LogP contribution >= 0.6 is 0 Å². The van der Waals surface area contributed by atoms with Gasteiger partial charge in [0.15, 0.2) is 0 Å². The van der Waals surface area contributed by atoms with Crippen LogP contribution in [0, 0.1) is 24.7 Å². The molecule has 1 amide bonds. The molecule has 130 valence electrons. The summed E-state index contributed by atoms with van der Waals surface area (Å²) in [6, 6.07) is 3.65. The minimum atomic E-state index is 0.00792. The van der Waals surface area contributed by atoms with E-state index in [4.69, 9.17) is 9.47 Å². The summed E-state index contributed by atoms with van der Waals surface area (Å²) in [6.45, 7) is 1.94. The van der Waals surface area contributed by atoms with Gasteiger partial charge in [-0.25, -0.2) is 0 Å². The van der Waals surface area contributed by atoms with E-state index in [0.29, 0.717) is 17.1 Å². The Morgan fingerprint density at radius 2 is 1.46 bits per heavy atom. The number of ether oxygens (including phenoxy) is 2. The number of carbonyl (C=O) groups is 1. The zero-order chi connectivity index (χ0) is 16.9. The van der Waals surface area contributed by atoms with Crippen LogP contribution < -0.4 is 14.8 Å². The van der Waals surface area contributed by atoms with E-state index in [2.05, 4.69) is 5.32 Å². The molecule has 0 aromatic heterocycles. The number of amides is 1. The Labute approximate surface area is 143 Å². The number of nitrogens with one attached hydrogen (secondary N) is 1. The van der Waals surface area contributed by atoms with Gasteiger partial charge in [0.25, 0.3) is 5.91 Å². The summed E-state index contributed by atoms with van der Waals surface area (Å²) in [6.07, 6.45) is 7.60. The summed E-state index contributed by atoms with van der Waals surface area (Å²) in [5, 5.41) is 3.41. The Kier molecular flexibility index (Phi) is 3.74. The SMILES string of the molecule is COc1cc(C(=O)NC23CC4CC(CC(C4)C2)C3)cc(OC)c1C. The Hall–Kier alpha value is -1.71. The third kappa shape index (κ3) is 2.56. The van der Waals surface area contributed by atoms with E-state index in [0.717, 1.165) is 42.6 Å². The topological polar surface area (TPSA) is 47.6 Å². The zero-order valence-corrected chi connectivity index (χ0v) is 14.9. The number of methoxy groups -OCH3 is 2. The maximum atomic E-state index is 13.0. The van der Waals surface area contributed by atoms with Crippen LogP contribution in [0.4, 0.5) is 0 Å². The van der Waals surface area contributed by atoms with Gasteiger partial charge in [0, 0.05) is 16.7 Å². The molecule has 1 aromatic rings. The maximum absolute atomic E-state index is 13.0. The van der Waals surface area contributed by atoms with Gasteiger partial charge in [-0.2, -0.15) is 0 Å². The number of hydrogen-bond acceptors (Lipinski definition) is 3. The molecule has 5 rings (SSSR count). The van der Waals surface area contributed by atoms with Gasteiger partial charge in [0.1, 0.15) is 11.5 Å². The molecular formula is C20H27NO3. The molecule has 4 nitrogen and oxygen atoms in total. The molecule has 0 heterocycles. The predicted molar refractivity (Wildman–Crippen MR) is 92.7 cm³/mol. The third-order valence-corrected chi connectivity index (χ3v) is 6.43. The molecule has 24 heavy (non-hydrogen) atoms. The first-order valence-electron chi connectivity index (χ1n) is 9.07. The summed E-state index contributed by atoms with van der Waals surface area (Å²) in [4.78, 5) is 13.0. The lowest BCUT2D eigenvalue weighted by molar-refractivity contribution is -0.0167. The average Bonchev–Trinajstić information content (AvgIpc) is 2.53. The second-order valence-electron chi connectivity index (χ2n) is 8.16. The van der Waals surface area contributed by atoms with Gasteiger partial charge in [-0.05, 0) is 75.3 Å². The predicted octanol–water partition coefficient (Wildman–Crippen LogP) is 3.71. The normalized spacial score (nSPS) is 33.4. The van der Waals surface area contributed by atoms with Crippen molar-refractivity contribution < 1.29 is 14.3 Å². The van der Waals surface area contributed by atoms with Crippen LogP contribution in [0.1, 0.15) is 54.4 Å². The fourth-order valence-corrected chi connectivity index (χ4v) is 5.79. The second kappa shape index (κ2) is 5.68. The van der Waals surface area contributed by atoms with Crippen LogP contribution in [-0.4, -0.2) is 25.7 Å². The van der Waals surface area contributed by atoms with E-state index in [-0.39, 0.29) is 11.4 Å². The maximum Gasteiger partial charge on any atom is 0.251 e. The molecule has 0 radical (unpaired) electrons. The molecule has 1 N–H and O–H groups in total. The summed E-state index contributed by atoms with van der Waals surface area (Å²) in [5.74, 6) is 3.86. The van der Waals surface area contributed by atoms with Crippen molar-refractivity contribution in [3.63, 3.8) is 0 Å². The van der Waals surface area contributed by atoms with Crippen LogP contribution in [0.25, 0.3) is 0 Å². The number of hydrogen-bond donors (Lipinski definition) is 1. The molecule has 4 fully saturated rings. The molecule has 1 aromatic carbocycles. The van der Waals surface area contributed by atoms with Crippen LogP contribution in [-0.2, 0) is 0 Å². The smallest absolute Gasteiger partial charge is 0.251 e. The molecule has 4 saturated carbocycles. The molecule has 0 aliphatic heterocycles. The van der Waals surface area contributed by atoms with Crippen molar-refractivity contribution in [3.05, 3.63) is 23.3 Å². The molecule has 0 saturated heterocycles. The van der Waals surface area contributed by atoms with Crippen molar-refractivity contribution in [2.75, 3.05) is 14.2 Å². The highest BCUT2D eigenvalue weighted by Crippen LogP contribution is 2.55. The van der Waals surface area contributed by atoms with Crippen molar-refractivity contribution in [2.45, 2.75) is 51.0 Å². The van der Waals surface area contributed by atoms with Crippen LogP contribution in [0.2, 0.25) is 0 Å². The zero-order valence-electron chi connectivity index (χ0n) is 14.9. The Morgan fingerprint density at radius 1 is 1.00 bits per heavy atom. The van der Waals surface area contributed by atoms with Gasteiger partial charge >= 0.3 is 0 Å². The fraction of sp³-hybridized carbons (Fsp3) is 0.650. The third-order valence-electron chi connectivity index (χ3n) is 6.43. The lowest BCUT2D eigenvalue weighted by atomic mass is 9.53. The van der Waals surface area contributed by atoms with Gasteiger partial charge in [0.2, 0.25) is 0 Å². The first-order chi connectivity index (χ1) is 11.5. The van der Waals surface area contributed by atoms with Crippen LogP contribution in [0.5, 0.6) is 11.5 Å². The number of carbonyl (C=O) groups excluding carboxylic acids is 1. The quantitative estimate of drug-likeness (QED) is 0.916. The van der Waals surface area contributed by atoms with E-state index < -0.39 is 0 Å². The van der Waals surface area contributed by atoms with E-state index >= 15 is 0 Å². The van der Waals surface area contributed by atoms with Gasteiger partial charge in [-0.1, -0.05) is 0 Å². The lowest BCUT2D eigenvalue weighted by Gasteiger charge is -2.56. The molecule has 4 heteroatoms. The van der Waals surface area contributed by atoms with Gasteiger partial charge in [-0.15, -0.1) is 0 Å². The highest BCUT2D eigenvalue weighted by atomic mass is 16.5. The molecule has 4 aliphatic carbocycles. The largest absolute Gasteiger partial charge is 0.496 e. The summed E-state index contributed by atoms with van der Waals surface area (Å²) >= 11 is 0. The van der Waals surface area contributed by atoms with Crippen LogP contribution in [0.15, 0.2) is 12.1 Å². The van der Waals surface area contributed by atoms with Crippen molar-refractivity contribution in [3.8, 4) is 11.5 Å². The first kappa shape index (κ1) is 15.8. The van der Waals surface area contributed by atoms with Gasteiger partial charge in [-0.3, -0.25) is 4.79 Å². The van der Waals surface area contributed by atoms with Crippen molar-refractivity contribution >= 4 is 5.91 Å². The van der Waals surface area contributed by atoms with Crippen molar-refractivity contribution in [2.24, 2.45) is 17.8 Å². The second-order valence-corrected chi connectivity index (χ2v) is 8.16. The summed E-state index contributed by atoms with van der Waals surface area (Å²) < 4.78 is 10.8. The van der Waals surface area contributed by atoms with E-state index in [9.17, 15) is 4.79 Å². The summed E-state index contributed by atoms with van der Waals surface area (Å²) in [7, 11) is 3.26. The molecule has 0 spiro atoms. The Balaban J connectivity index is 1.58. The number of benzene rings is 1. The van der Waals surface area contributed by atoms with E-state index in [1.165, 1.54) is 19.3 Å². The van der Waals surface area contributed by atoms with Crippen molar-refractivity contribution in [1.82, 2.24) is 5.32 Å². The Morgan fingerprint density at radius 3 is 1.88 bits per heavy atom. The first-order valence-corrected chi connectivity index (χ1v) is 9.07. The molecule has 0 atom stereocenters. The van der Waals surface area contributed by atoms with Crippen molar-refractivity contribution in [1.29, 1.82) is 0 Å². The highest BCUT2D eigenvalue weighted by molar-refractivity contribution is 5.96. The lowest BCUT2D eigenvalue weighted by Crippen LogP contribution is -2.59. The summed E-state index contributed by atoms with van der Waals surface area (Å²) in [5.41, 5.74) is 1.58. The minimum absolute atomic E-state index is 0.00792. The minimum Gasteiger partial charge on any atom is -0.496 e. The highest BCUT2D eigenvalue weighted by Gasteiger charge is 2.51. The van der Waals surface area contributed by atoms with Crippen LogP contribution in [0.3, 0.4) is 0 Å². The number of rotatable bonds is 4.